The van der Waals surface area contributed by atoms with Gasteiger partial charge >= 0.3 is 0 Å². The minimum Gasteiger partial charge on any atom is -0.455 e. The number of Topliss-reactive ketones (excluding diaryl/α,β-unsaturated/α-hetero) is 1. The summed E-state index contributed by atoms with van der Waals surface area (Å²) in [5, 5.41) is 2.58. The summed E-state index contributed by atoms with van der Waals surface area (Å²) in [5.74, 6) is -1.02. The van der Waals surface area contributed by atoms with E-state index in [0.717, 1.165) is 16.7 Å². The topological polar surface area (TPSA) is 94.3 Å². The number of amides is 1. The first-order valence-electron chi connectivity index (χ1n) is 16.5. The molecule has 2 heterocycles. The summed E-state index contributed by atoms with van der Waals surface area (Å²) in [6.07, 6.45) is 4.68. The molecule has 1 saturated carbocycles. The monoisotopic (exact) mass is 671 g/mol. The summed E-state index contributed by atoms with van der Waals surface area (Å²) in [7, 11) is 1.45. The molecule has 1 fully saturated rings. The summed E-state index contributed by atoms with van der Waals surface area (Å²) in [6, 6.07) is 24.0. The molecule has 0 spiro atoms. The number of ketones is 1. The van der Waals surface area contributed by atoms with Crippen LogP contribution in [0.3, 0.4) is 0 Å². The predicted molar refractivity (Wildman–Crippen MR) is 187 cm³/mol. The molecule has 1 aliphatic carbocycles. The maximum atomic E-state index is 16.7. The Hall–Kier alpha value is -5.54. The van der Waals surface area contributed by atoms with Gasteiger partial charge in [-0.1, -0.05) is 36.4 Å². The highest BCUT2D eigenvalue weighted by atomic mass is 19.1. The number of hydrogen-bond donors (Lipinski definition) is 1. The van der Waals surface area contributed by atoms with Crippen LogP contribution >= 0.6 is 0 Å². The number of nitrogens with zero attached hydrogens (tertiary/aromatic N) is 2. The van der Waals surface area contributed by atoms with Crippen LogP contribution in [0.2, 0.25) is 0 Å². The van der Waals surface area contributed by atoms with E-state index in [2.05, 4.69) is 15.3 Å². The Morgan fingerprint density at radius 1 is 0.900 bits per heavy atom. The summed E-state index contributed by atoms with van der Waals surface area (Å²) in [5.41, 5.74) is 3.84. The van der Waals surface area contributed by atoms with Gasteiger partial charge in [0.15, 0.2) is 5.78 Å². The molecule has 2 aromatic heterocycles. The molecule has 0 aliphatic heterocycles. The van der Waals surface area contributed by atoms with Crippen LogP contribution in [0.5, 0.6) is 0 Å². The van der Waals surface area contributed by atoms with E-state index in [9.17, 15) is 14.0 Å². The van der Waals surface area contributed by atoms with Gasteiger partial charge in [-0.3, -0.25) is 9.59 Å². The van der Waals surface area contributed by atoms with Gasteiger partial charge in [-0.05, 0) is 97.5 Å². The molecule has 6 aromatic rings. The SMILES string of the molecule is CNC(=O)c1c(-c2ccc(F)cc2)oc2ccc(-c3cc(C(=O)CC4(c5ncccn5)CC(OCc5ccccc5)C4)c(C)cc3C)c(F)c12. The highest BCUT2D eigenvalue weighted by Gasteiger charge is 2.50. The molecule has 1 aliphatic rings. The first-order chi connectivity index (χ1) is 24.2. The molecule has 252 valence electrons. The standard InChI is InChI=1S/C41H35F2N3O4/c1-24-18-25(2)32(33(47)22-41(40-45-16-7-17-46-40)20-29(21-41)49-23-26-8-5-4-6-9-26)19-31(24)30-14-15-34-35(37(30)43)36(39(48)44-3)38(50-34)27-10-12-28(42)13-11-27/h4-19,29H,20-23H2,1-3H3,(H,44,48). The molecule has 0 unspecified atom stereocenters. The van der Waals surface area contributed by atoms with Crippen LogP contribution in [0.15, 0.2) is 102 Å². The Bertz CT molecular complexity index is 2210. The Balaban J connectivity index is 1.23. The van der Waals surface area contributed by atoms with Crippen molar-refractivity contribution in [3.8, 4) is 22.5 Å². The van der Waals surface area contributed by atoms with Crippen molar-refractivity contribution in [2.24, 2.45) is 0 Å². The summed E-state index contributed by atoms with van der Waals surface area (Å²) < 4.78 is 42.6. The van der Waals surface area contributed by atoms with Crippen LogP contribution < -0.4 is 5.32 Å². The lowest BCUT2D eigenvalue weighted by atomic mass is 9.62. The molecule has 7 rings (SSSR count). The predicted octanol–water partition coefficient (Wildman–Crippen LogP) is 8.70. The van der Waals surface area contributed by atoms with Crippen molar-refractivity contribution in [1.82, 2.24) is 15.3 Å². The number of fused-ring (bicyclic) bond motifs is 1. The molecular weight excluding hydrogens is 636 g/mol. The van der Waals surface area contributed by atoms with Crippen molar-refractivity contribution in [2.75, 3.05) is 7.05 Å². The molecule has 1 N–H and O–H groups in total. The van der Waals surface area contributed by atoms with E-state index in [1.807, 2.05) is 50.2 Å². The second kappa shape index (κ2) is 13.4. The van der Waals surface area contributed by atoms with Crippen molar-refractivity contribution in [3.63, 3.8) is 0 Å². The number of aryl methyl sites for hydroxylation is 2. The lowest BCUT2D eigenvalue weighted by Gasteiger charge is -2.46. The van der Waals surface area contributed by atoms with E-state index in [4.69, 9.17) is 9.15 Å². The van der Waals surface area contributed by atoms with Gasteiger partial charge in [0.2, 0.25) is 0 Å². The summed E-state index contributed by atoms with van der Waals surface area (Å²) in [4.78, 5) is 36.4. The fraction of sp³-hybridized carbons (Fsp3) is 0.220. The van der Waals surface area contributed by atoms with Crippen LogP contribution in [-0.2, 0) is 16.8 Å². The van der Waals surface area contributed by atoms with Crippen LogP contribution in [0, 0.1) is 25.5 Å². The number of carbonyl (C=O) groups excluding carboxylic acids is 2. The van der Waals surface area contributed by atoms with Crippen LogP contribution in [0.25, 0.3) is 33.4 Å². The van der Waals surface area contributed by atoms with E-state index >= 15 is 4.39 Å². The Morgan fingerprint density at radius 2 is 1.62 bits per heavy atom. The molecule has 9 heteroatoms. The van der Waals surface area contributed by atoms with E-state index in [1.54, 1.807) is 36.7 Å². The normalized spacial score (nSPS) is 17.0. The Kier molecular flexibility index (Phi) is 8.84. The van der Waals surface area contributed by atoms with Gasteiger partial charge in [-0.25, -0.2) is 18.7 Å². The van der Waals surface area contributed by atoms with Crippen molar-refractivity contribution in [2.45, 2.75) is 51.2 Å². The molecule has 0 saturated heterocycles. The highest BCUT2D eigenvalue weighted by molar-refractivity contribution is 6.12. The molecular formula is C41H35F2N3O4. The maximum absolute atomic E-state index is 16.7. The van der Waals surface area contributed by atoms with Gasteiger partial charge < -0.3 is 14.5 Å². The van der Waals surface area contributed by atoms with Crippen LogP contribution in [0.1, 0.15) is 62.5 Å². The van der Waals surface area contributed by atoms with Gasteiger partial charge in [0, 0.05) is 48.0 Å². The third-order valence-corrected chi connectivity index (χ3v) is 9.62. The number of halogens is 2. The zero-order valence-corrected chi connectivity index (χ0v) is 27.9. The van der Waals surface area contributed by atoms with Crippen molar-refractivity contribution < 1.29 is 27.5 Å². The first kappa shape index (κ1) is 33.0. The van der Waals surface area contributed by atoms with Gasteiger partial charge in [-0.2, -0.15) is 0 Å². The number of furan rings is 1. The number of hydrogen-bond acceptors (Lipinski definition) is 6. The summed E-state index contributed by atoms with van der Waals surface area (Å²) in [6.45, 7) is 4.21. The minimum absolute atomic E-state index is 0.00483. The lowest BCUT2D eigenvalue weighted by molar-refractivity contribution is -0.0582. The largest absolute Gasteiger partial charge is 0.455 e. The highest BCUT2D eigenvalue weighted by Crippen LogP contribution is 2.48. The Labute approximate surface area is 288 Å². The number of ether oxygens (including phenoxy) is 1. The lowest BCUT2D eigenvalue weighted by Crippen LogP contribution is -2.48. The van der Waals surface area contributed by atoms with Crippen molar-refractivity contribution in [3.05, 3.63) is 143 Å². The van der Waals surface area contributed by atoms with Crippen LogP contribution in [-0.4, -0.2) is 34.8 Å². The first-order valence-corrected chi connectivity index (χ1v) is 16.5. The minimum atomic E-state index is -0.657. The van der Waals surface area contributed by atoms with E-state index in [-0.39, 0.29) is 46.2 Å². The number of benzene rings is 4. The van der Waals surface area contributed by atoms with Gasteiger partial charge in [0.1, 0.15) is 28.8 Å². The molecule has 0 radical (unpaired) electrons. The zero-order chi connectivity index (χ0) is 35.0. The molecule has 7 nitrogen and oxygen atoms in total. The van der Waals surface area contributed by atoms with Crippen molar-refractivity contribution >= 4 is 22.7 Å². The maximum Gasteiger partial charge on any atom is 0.255 e. The Morgan fingerprint density at radius 3 is 2.32 bits per heavy atom. The molecule has 0 bridgehead atoms. The van der Waals surface area contributed by atoms with Gasteiger partial charge in [-0.15, -0.1) is 0 Å². The second-order valence-electron chi connectivity index (χ2n) is 13.0. The third-order valence-electron chi connectivity index (χ3n) is 9.62. The van der Waals surface area contributed by atoms with Gasteiger partial charge in [0.25, 0.3) is 5.91 Å². The quantitative estimate of drug-likeness (QED) is 0.147. The number of aromatic nitrogens is 2. The zero-order valence-electron chi connectivity index (χ0n) is 27.9. The molecule has 4 aromatic carbocycles. The van der Waals surface area contributed by atoms with E-state index in [1.165, 1.54) is 31.3 Å². The fourth-order valence-electron chi connectivity index (χ4n) is 7.05. The third kappa shape index (κ3) is 6.09. The van der Waals surface area contributed by atoms with E-state index in [0.29, 0.717) is 42.0 Å². The average molecular weight is 672 g/mol. The number of rotatable bonds is 10. The number of nitrogens with one attached hydrogen (secondary N) is 1. The summed E-state index contributed by atoms with van der Waals surface area (Å²) >= 11 is 0. The molecule has 1 amide bonds. The smallest absolute Gasteiger partial charge is 0.255 e. The van der Waals surface area contributed by atoms with Gasteiger partial charge in [0.05, 0.1) is 23.7 Å². The molecule has 0 atom stereocenters. The van der Waals surface area contributed by atoms with E-state index < -0.39 is 23.0 Å². The fourth-order valence-corrected chi connectivity index (χ4v) is 7.05. The van der Waals surface area contributed by atoms with Crippen molar-refractivity contribution in [1.29, 1.82) is 0 Å². The van der Waals surface area contributed by atoms with Crippen LogP contribution in [0.4, 0.5) is 8.78 Å². The second-order valence-corrected chi connectivity index (χ2v) is 13.0. The average Bonchev–Trinajstić information content (AvgIpc) is 3.51. The molecule has 50 heavy (non-hydrogen) atoms. The number of carbonyl (C=O) groups is 2.